The Hall–Kier alpha value is -0.580. The highest BCUT2D eigenvalue weighted by molar-refractivity contribution is 7.16. The fraction of sp³-hybridized carbons (Fsp3) is 0.615. The number of hydrogen-bond donors (Lipinski definition) is 2. The van der Waals surface area contributed by atoms with E-state index in [4.69, 9.17) is 11.6 Å². The average Bonchev–Trinajstić information content (AvgIpc) is 2.95. The summed E-state index contributed by atoms with van der Waals surface area (Å²) in [6.07, 6.45) is 3.66. The lowest BCUT2D eigenvalue weighted by Crippen LogP contribution is -2.42. The van der Waals surface area contributed by atoms with Crippen molar-refractivity contribution in [1.29, 1.82) is 0 Å². The van der Waals surface area contributed by atoms with E-state index in [9.17, 15) is 9.90 Å². The van der Waals surface area contributed by atoms with Gasteiger partial charge in [-0.1, -0.05) is 24.4 Å². The predicted molar refractivity (Wildman–Crippen MR) is 74.2 cm³/mol. The minimum atomic E-state index is -0.692. The number of halogens is 1. The van der Waals surface area contributed by atoms with Crippen LogP contribution in [0, 0.1) is 0 Å². The number of rotatable bonds is 4. The molecule has 1 atom stereocenters. The van der Waals surface area contributed by atoms with Crippen molar-refractivity contribution in [2.45, 2.75) is 44.1 Å². The van der Waals surface area contributed by atoms with Crippen LogP contribution in [0.1, 0.15) is 43.4 Å². The Balaban J connectivity index is 1.88. The summed E-state index contributed by atoms with van der Waals surface area (Å²) in [7, 11) is 0. The minimum Gasteiger partial charge on any atom is -0.388 e. The van der Waals surface area contributed by atoms with Gasteiger partial charge in [0.1, 0.15) is 0 Å². The van der Waals surface area contributed by atoms with E-state index in [2.05, 4.69) is 5.32 Å². The molecule has 1 aromatic rings. The van der Waals surface area contributed by atoms with Crippen molar-refractivity contribution in [2.24, 2.45) is 0 Å². The van der Waals surface area contributed by atoms with Gasteiger partial charge in [0.2, 0.25) is 5.91 Å². The molecular weight excluding hydrogens is 270 g/mol. The molecule has 2 rings (SSSR count). The van der Waals surface area contributed by atoms with Gasteiger partial charge in [-0.2, -0.15) is 0 Å². The largest absolute Gasteiger partial charge is 0.388 e. The number of thiophene rings is 1. The Kier molecular flexibility index (Phi) is 4.30. The second-order valence-corrected chi connectivity index (χ2v) is 6.76. The third-order valence-corrected chi connectivity index (χ3v) is 4.95. The van der Waals surface area contributed by atoms with Crippen LogP contribution in [-0.2, 0) is 4.79 Å². The lowest BCUT2D eigenvalue weighted by Gasteiger charge is -2.23. The van der Waals surface area contributed by atoms with Gasteiger partial charge in [-0.3, -0.25) is 4.79 Å². The third-order valence-electron chi connectivity index (χ3n) is 3.54. The molecule has 1 heterocycles. The highest BCUT2D eigenvalue weighted by atomic mass is 35.5. The average molecular weight is 288 g/mol. The molecule has 1 unspecified atom stereocenters. The molecule has 0 saturated heterocycles. The quantitative estimate of drug-likeness (QED) is 0.894. The minimum absolute atomic E-state index is 0.0474. The lowest BCUT2D eigenvalue weighted by molar-refractivity contribution is -0.123. The summed E-state index contributed by atoms with van der Waals surface area (Å²) in [5.74, 6) is -0.263. The molecule has 1 aromatic heterocycles. The second kappa shape index (κ2) is 5.59. The van der Waals surface area contributed by atoms with E-state index in [1.807, 2.05) is 13.0 Å². The highest BCUT2D eigenvalue weighted by Crippen LogP contribution is 2.30. The van der Waals surface area contributed by atoms with E-state index in [0.717, 1.165) is 30.6 Å². The summed E-state index contributed by atoms with van der Waals surface area (Å²) in [6.45, 7) is 2.21. The van der Waals surface area contributed by atoms with E-state index < -0.39 is 5.60 Å². The smallest absolute Gasteiger partial charge is 0.228 e. The Morgan fingerprint density at radius 1 is 1.56 bits per heavy atom. The molecule has 1 amide bonds. The van der Waals surface area contributed by atoms with Gasteiger partial charge >= 0.3 is 0 Å². The molecule has 100 valence electrons. The van der Waals surface area contributed by atoms with E-state index in [0.29, 0.717) is 10.9 Å². The summed E-state index contributed by atoms with van der Waals surface area (Å²) in [6, 6.07) is 3.68. The van der Waals surface area contributed by atoms with Crippen LogP contribution in [0.2, 0.25) is 4.34 Å². The van der Waals surface area contributed by atoms with Crippen molar-refractivity contribution in [3.8, 4) is 0 Å². The Bertz CT molecular complexity index is 426. The third kappa shape index (κ3) is 3.25. The molecule has 0 bridgehead atoms. The fourth-order valence-corrected chi connectivity index (χ4v) is 3.42. The van der Waals surface area contributed by atoms with Crippen LogP contribution in [0.3, 0.4) is 0 Å². The first-order chi connectivity index (χ1) is 8.50. The van der Waals surface area contributed by atoms with Crippen molar-refractivity contribution in [3.63, 3.8) is 0 Å². The van der Waals surface area contributed by atoms with Gasteiger partial charge in [-0.15, -0.1) is 11.3 Å². The molecule has 18 heavy (non-hydrogen) atoms. The maximum Gasteiger partial charge on any atom is 0.228 e. The second-order valence-electron chi connectivity index (χ2n) is 5.01. The number of amides is 1. The van der Waals surface area contributed by atoms with Gasteiger partial charge in [-0.25, -0.2) is 0 Å². The maximum atomic E-state index is 12.0. The Morgan fingerprint density at radius 2 is 2.22 bits per heavy atom. The number of carbonyl (C=O) groups is 1. The van der Waals surface area contributed by atoms with Crippen LogP contribution in [0.25, 0.3) is 0 Å². The summed E-state index contributed by atoms with van der Waals surface area (Å²) < 4.78 is 0.694. The van der Waals surface area contributed by atoms with Crippen LogP contribution in [0.15, 0.2) is 12.1 Å². The molecule has 0 aromatic carbocycles. The van der Waals surface area contributed by atoms with Crippen LogP contribution in [0.4, 0.5) is 0 Å². The molecule has 2 N–H and O–H groups in total. The molecule has 3 nitrogen and oxygen atoms in total. The highest BCUT2D eigenvalue weighted by Gasteiger charge is 2.32. The van der Waals surface area contributed by atoms with Crippen molar-refractivity contribution < 1.29 is 9.90 Å². The molecule has 1 fully saturated rings. The molecular formula is C13H18ClNO2S. The van der Waals surface area contributed by atoms with Gasteiger partial charge in [0.05, 0.1) is 15.9 Å². The summed E-state index contributed by atoms with van der Waals surface area (Å²) in [5.41, 5.74) is -0.692. The number of carbonyl (C=O) groups excluding carboxylic acids is 1. The summed E-state index contributed by atoms with van der Waals surface area (Å²) in [4.78, 5) is 12.9. The predicted octanol–water partition coefficient (Wildman–Crippen LogP) is 2.93. The van der Waals surface area contributed by atoms with E-state index >= 15 is 0 Å². The molecule has 0 aliphatic heterocycles. The number of aliphatic hydroxyl groups is 1. The standard InChI is InChI=1S/C13H18ClNO2S/c1-9(10-4-5-11(14)18-10)12(16)15-8-13(17)6-2-3-7-13/h4-5,9,17H,2-3,6-8H2,1H3,(H,15,16). The zero-order chi connectivity index (χ0) is 13.2. The SMILES string of the molecule is CC(C(=O)NCC1(O)CCCC1)c1ccc(Cl)s1. The zero-order valence-electron chi connectivity index (χ0n) is 10.4. The summed E-state index contributed by atoms with van der Waals surface area (Å²) in [5, 5.41) is 13.0. The van der Waals surface area contributed by atoms with Crippen LogP contribution in [-0.4, -0.2) is 23.2 Å². The number of hydrogen-bond acceptors (Lipinski definition) is 3. The lowest BCUT2D eigenvalue weighted by atomic mass is 10.0. The molecule has 5 heteroatoms. The van der Waals surface area contributed by atoms with Crippen molar-refractivity contribution in [2.75, 3.05) is 6.54 Å². The topological polar surface area (TPSA) is 49.3 Å². The monoisotopic (exact) mass is 287 g/mol. The molecule has 1 aliphatic carbocycles. The van der Waals surface area contributed by atoms with Gasteiger partial charge in [0, 0.05) is 11.4 Å². The molecule has 0 radical (unpaired) electrons. The van der Waals surface area contributed by atoms with Crippen molar-refractivity contribution in [1.82, 2.24) is 5.32 Å². The van der Waals surface area contributed by atoms with E-state index in [1.54, 1.807) is 6.07 Å². The first-order valence-electron chi connectivity index (χ1n) is 6.25. The summed E-state index contributed by atoms with van der Waals surface area (Å²) >= 11 is 7.28. The van der Waals surface area contributed by atoms with Crippen LogP contribution >= 0.6 is 22.9 Å². The van der Waals surface area contributed by atoms with Crippen LogP contribution in [0.5, 0.6) is 0 Å². The van der Waals surface area contributed by atoms with Gasteiger partial charge in [0.25, 0.3) is 0 Å². The molecule has 1 aliphatic rings. The Morgan fingerprint density at radius 3 is 2.78 bits per heavy atom. The van der Waals surface area contributed by atoms with Crippen LogP contribution < -0.4 is 5.32 Å². The van der Waals surface area contributed by atoms with E-state index in [-0.39, 0.29) is 11.8 Å². The van der Waals surface area contributed by atoms with Crippen molar-refractivity contribution in [3.05, 3.63) is 21.3 Å². The zero-order valence-corrected chi connectivity index (χ0v) is 12.0. The van der Waals surface area contributed by atoms with Gasteiger partial charge in [-0.05, 0) is 31.9 Å². The number of nitrogens with one attached hydrogen (secondary N) is 1. The van der Waals surface area contributed by atoms with E-state index in [1.165, 1.54) is 11.3 Å². The van der Waals surface area contributed by atoms with Gasteiger partial charge < -0.3 is 10.4 Å². The first kappa shape index (κ1) is 13.8. The fourth-order valence-electron chi connectivity index (χ4n) is 2.30. The maximum absolute atomic E-state index is 12.0. The molecule has 0 spiro atoms. The first-order valence-corrected chi connectivity index (χ1v) is 7.45. The van der Waals surface area contributed by atoms with Crippen molar-refractivity contribution >= 4 is 28.8 Å². The molecule has 1 saturated carbocycles. The Labute approximate surface area is 116 Å². The van der Waals surface area contributed by atoms with Gasteiger partial charge in [0.15, 0.2) is 0 Å². The normalized spacial score (nSPS) is 19.7.